The molecule has 0 atom stereocenters. The molecule has 0 fully saturated rings. The summed E-state index contributed by atoms with van der Waals surface area (Å²) >= 11 is 9.48. The number of rotatable bonds is 1. The van der Waals surface area contributed by atoms with Crippen molar-refractivity contribution < 1.29 is 17.6 Å². The molecule has 0 aliphatic heterocycles. The monoisotopic (exact) mass is 255 g/mol. The molecule has 0 saturated carbocycles. The molecule has 0 bridgehead atoms. The number of alkyl halides is 3. The Morgan fingerprint density at radius 2 is 1.93 bits per heavy atom. The topological polar surface area (TPSA) is 12.4 Å². The van der Waals surface area contributed by atoms with Gasteiger partial charge in [-0.3, -0.25) is 0 Å². The van der Waals surface area contributed by atoms with E-state index in [1.807, 2.05) is 5.16 Å². The largest absolute Gasteiger partial charge is 0.419 e. The Morgan fingerprint density at radius 3 is 2.40 bits per heavy atom. The summed E-state index contributed by atoms with van der Waals surface area (Å²) in [5.74, 6) is -1.52. The first-order chi connectivity index (χ1) is 6.86. The van der Waals surface area contributed by atoms with Gasteiger partial charge in [0.1, 0.15) is 0 Å². The predicted octanol–water partition coefficient (Wildman–Crippen LogP) is 4.23. The van der Waals surface area contributed by atoms with Gasteiger partial charge >= 0.3 is 6.18 Å². The van der Waals surface area contributed by atoms with Crippen LogP contribution >= 0.6 is 23.8 Å². The van der Waals surface area contributed by atoms with E-state index in [1.54, 1.807) is 0 Å². The molecule has 0 aromatic heterocycles. The lowest BCUT2D eigenvalue weighted by atomic mass is 10.2. The fraction of sp³-hybridized carbons (Fsp3) is 0.125. The molecule has 1 aromatic carbocycles. The minimum absolute atomic E-state index is 0.191. The van der Waals surface area contributed by atoms with E-state index in [4.69, 9.17) is 11.6 Å². The third-order valence-electron chi connectivity index (χ3n) is 1.49. The molecule has 1 nitrogen and oxygen atoms in total. The van der Waals surface area contributed by atoms with Crippen molar-refractivity contribution >= 4 is 34.7 Å². The first kappa shape index (κ1) is 12.1. The Bertz CT molecular complexity index is 437. The predicted molar refractivity (Wildman–Crippen MR) is 51.1 cm³/mol. The normalized spacial score (nSPS) is 11.0. The van der Waals surface area contributed by atoms with Gasteiger partial charge in [0.05, 0.1) is 21.4 Å². The standard InChI is InChI=1S/C8H2ClF4NS/c9-6-2-4(14-3-15)1-5(7(6)10)8(11,12)13/h1-2H. The van der Waals surface area contributed by atoms with Crippen LogP contribution in [0.3, 0.4) is 0 Å². The molecule has 0 aliphatic carbocycles. The Kier molecular flexibility index (Phi) is 3.44. The van der Waals surface area contributed by atoms with E-state index in [1.165, 1.54) is 0 Å². The van der Waals surface area contributed by atoms with Crippen LogP contribution in [0.5, 0.6) is 0 Å². The summed E-state index contributed by atoms with van der Waals surface area (Å²) in [5, 5.41) is 1.21. The molecule has 0 N–H and O–H groups in total. The van der Waals surface area contributed by atoms with Crippen LogP contribution in [-0.2, 0) is 6.18 Å². The van der Waals surface area contributed by atoms with Gasteiger partial charge in [0.15, 0.2) is 5.82 Å². The van der Waals surface area contributed by atoms with E-state index in [0.717, 1.165) is 6.07 Å². The summed E-state index contributed by atoms with van der Waals surface area (Å²) in [4.78, 5) is 3.30. The molecule has 1 rings (SSSR count). The van der Waals surface area contributed by atoms with Crippen molar-refractivity contribution in [3.63, 3.8) is 0 Å². The maximum absolute atomic E-state index is 13.0. The fourth-order valence-electron chi connectivity index (χ4n) is 0.898. The number of isothiocyanates is 1. The summed E-state index contributed by atoms with van der Waals surface area (Å²) < 4.78 is 49.8. The maximum Gasteiger partial charge on any atom is 0.419 e. The molecular weight excluding hydrogens is 254 g/mol. The minimum atomic E-state index is -4.82. The van der Waals surface area contributed by atoms with E-state index >= 15 is 0 Å². The SMILES string of the molecule is Fc1c(Cl)cc(N=C=S)cc1C(F)(F)F. The second-order valence-electron chi connectivity index (χ2n) is 2.49. The van der Waals surface area contributed by atoms with E-state index in [0.29, 0.717) is 6.07 Å². The van der Waals surface area contributed by atoms with Crippen LogP contribution in [0.2, 0.25) is 5.02 Å². The van der Waals surface area contributed by atoms with Gasteiger partial charge in [-0.15, -0.1) is 0 Å². The molecular formula is C8H2ClF4NS. The smallest absolute Gasteiger partial charge is 0.205 e. The molecule has 0 radical (unpaired) electrons. The molecule has 1 aromatic rings. The van der Waals surface area contributed by atoms with Crippen LogP contribution in [0.15, 0.2) is 17.1 Å². The first-order valence-corrected chi connectivity index (χ1v) is 4.29. The number of nitrogens with zero attached hydrogens (tertiary/aromatic N) is 1. The summed E-state index contributed by atoms with van der Waals surface area (Å²) in [5.41, 5.74) is -1.66. The Balaban J connectivity index is 3.44. The van der Waals surface area contributed by atoms with Gasteiger partial charge in [0.25, 0.3) is 0 Å². The van der Waals surface area contributed by atoms with E-state index < -0.39 is 22.6 Å². The second kappa shape index (κ2) is 4.26. The lowest BCUT2D eigenvalue weighted by Crippen LogP contribution is -2.08. The van der Waals surface area contributed by atoms with Crippen molar-refractivity contribution in [3.8, 4) is 0 Å². The minimum Gasteiger partial charge on any atom is -0.205 e. The number of hydrogen-bond donors (Lipinski definition) is 0. The van der Waals surface area contributed by atoms with Crippen molar-refractivity contribution in [1.82, 2.24) is 0 Å². The van der Waals surface area contributed by atoms with E-state index in [2.05, 4.69) is 17.2 Å². The number of thiocarbonyl (C=S) groups is 1. The molecule has 80 valence electrons. The van der Waals surface area contributed by atoms with Gasteiger partial charge in [-0.25, -0.2) is 4.39 Å². The van der Waals surface area contributed by atoms with Crippen molar-refractivity contribution in [1.29, 1.82) is 0 Å². The fourth-order valence-corrected chi connectivity index (χ4v) is 1.22. The van der Waals surface area contributed by atoms with Gasteiger partial charge in [-0.1, -0.05) is 11.6 Å². The van der Waals surface area contributed by atoms with Crippen molar-refractivity contribution in [2.24, 2.45) is 4.99 Å². The molecule has 0 heterocycles. The summed E-state index contributed by atoms with van der Waals surface area (Å²) in [6, 6.07) is 1.45. The Morgan fingerprint density at radius 1 is 1.33 bits per heavy atom. The second-order valence-corrected chi connectivity index (χ2v) is 3.08. The summed E-state index contributed by atoms with van der Waals surface area (Å²) in [6.07, 6.45) is -4.82. The average molecular weight is 256 g/mol. The maximum atomic E-state index is 13.0. The molecule has 15 heavy (non-hydrogen) atoms. The van der Waals surface area contributed by atoms with Crippen molar-refractivity contribution in [2.45, 2.75) is 6.18 Å². The zero-order chi connectivity index (χ0) is 11.6. The zero-order valence-corrected chi connectivity index (χ0v) is 8.47. The summed E-state index contributed by atoms with van der Waals surface area (Å²) in [7, 11) is 0. The molecule has 0 aliphatic rings. The highest BCUT2D eigenvalue weighted by Crippen LogP contribution is 2.36. The quantitative estimate of drug-likeness (QED) is 0.415. The van der Waals surface area contributed by atoms with Crippen molar-refractivity contribution in [2.75, 3.05) is 0 Å². The zero-order valence-electron chi connectivity index (χ0n) is 6.90. The van der Waals surface area contributed by atoms with E-state index in [-0.39, 0.29) is 5.69 Å². The number of halogens is 5. The van der Waals surface area contributed by atoms with Crippen LogP contribution in [0.4, 0.5) is 23.2 Å². The van der Waals surface area contributed by atoms with Crippen LogP contribution in [0.25, 0.3) is 0 Å². The van der Waals surface area contributed by atoms with Gasteiger partial charge in [-0.05, 0) is 24.4 Å². The van der Waals surface area contributed by atoms with Crippen LogP contribution in [0, 0.1) is 5.82 Å². The molecule has 7 heteroatoms. The van der Waals surface area contributed by atoms with Crippen molar-refractivity contribution in [3.05, 3.63) is 28.5 Å². The van der Waals surface area contributed by atoms with Crippen LogP contribution in [-0.4, -0.2) is 5.16 Å². The van der Waals surface area contributed by atoms with E-state index in [9.17, 15) is 17.6 Å². The third-order valence-corrected chi connectivity index (χ3v) is 1.86. The molecule has 0 amide bonds. The number of aliphatic imine (C=N–C) groups is 1. The number of hydrogen-bond acceptors (Lipinski definition) is 2. The first-order valence-electron chi connectivity index (χ1n) is 3.50. The van der Waals surface area contributed by atoms with Crippen LogP contribution < -0.4 is 0 Å². The lowest BCUT2D eigenvalue weighted by molar-refractivity contribution is -0.139. The summed E-state index contributed by atoms with van der Waals surface area (Å²) in [6.45, 7) is 0. The highest BCUT2D eigenvalue weighted by Gasteiger charge is 2.35. The molecule has 0 spiro atoms. The Labute approximate surface area is 92.4 Å². The third kappa shape index (κ3) is 2.75. The Hall–Kier alpha value is -0.970. The highest BCUT2D eigenvalue weighted by atomic mass is 35.5. The molecule has 0 unspecified atom stereocenters. The highest BCUT2D eigenvalue weighted by molar-refractivity contribution is 7.78. The average Bonchev–Trinajstić information content (AvgIpc) is 2.09. The molecule has 0 saturated heterocycles. The van der Waals surface area contributed by atoms with Crippen LogP contribution in [0.1, 0.15) is 5.56 Å². The van der Waals surface area contributed by atoms with Gasteiger partial charge in [-0.2, -0.15) is 18.2 Å². The lowest BCUT2D eigenvalue weighted by Gasteiger charge is -2.09. The van der Waals surface area contributed by atoms with Gasteiger partial charge in [0, 0.05) is 0 Å². The number of benzene rings is 1. The van der Waals surface area contributed by atoms with Gasteiger partial charge in [0.2, 0.25) is 0 Å². The van der Waals surface area contributed by atoms with Gasteiger partial charge < -0.3 is 0 Å².